The zero-order valence-electron chi connectivity index (χ0n) is 14.1. The fourth-order valence-corrected chi connectivity index (χ4v) is 2.24. The first kappa shape index (κ1) is 18.5. The van der Waals surface area contributed by atoms with Crippen LogP contribution >= 0.6 is 0 Å². The molecule has 0 fully saturated rings. The Bertz CT molecular complexity index is 698. The van der Waals surface area contributed by atoms with Crippen molar-refractivity contribution in [1.29, 1.82) is 0 Å². The quantitative estimate of drug-likeness (QED) is 0.716. The van der Waals surface area contributed by atoms with Gasteiger partial charge < -0.3 is 24.8 Å². The number of amides is 2. The Morgan fingerprint density at radius 1 is 1.16 bits per heavy atom. The third-order valence-corrected chi connectivity index (χ3v) is 3.40. The molecule has 0 radical (unpaired) electrons. The van der Waals surface area contributed by atoms with E-state index in [4.69, 9.17) is 14.2 Å². The number of urea groups is 1. The van der Waals surface area contributed by atoms with E-state index in [-0.39, 0.29) is 31.0 Å². The highest BCUT2D eigenvalue weighted by Gasteiger charge is 2.24. The molecule has 0 spiro atoms. The lowest BCUT2D eigenvalue weighted by molar-refractivity contribution is -0.138. The van der Waals surface area contributed by atoms with Crippen LogP contribution in [-0.2, 0) is 25.6 Å². The van der Waals surface area contributed by atoms with Gasteiger partial charge in [-0.2, -0.15) is 0 Å². The summed E-state index contributed by atoms with van der Waals surface area (Å²) in [6, 6.07) is 6.35. The molecule has 2 rings (SSSR count). The number of rotatable bonds is 7. The average molecular weight is 348 g/mol. The fourth-order valence-electron chi connectivity index (χ4n) is 2.24. The summed E-state index contributed by atoms with van der Waals surface area (Å²) in [5.41, 5.74) is 1.62. The fraction of sp³-hybridized carbons (Fsp3) is 0.353. The molecule has 0 unspecified atom stereocenters. The van der Waals surface area contributed by atoms with Crippen molar-refractivity contribution >= 4 is 18.0 Å². The van der Waals surface area contributed by atoms with Crippen LogP contribution in [0.1, 0.15) is 22.8 Å². The highest BCUT2D eigenvalue weighted by atomic mass is 16.5. The van der Waals surface area contributed by atoms with Gasteiger partial charge in [-0.1, -0.05) is 12.1 Å². The highest BCUT2D eigenvalue weighted by Crippen LogP contribution is 2.12. The van der Waals surface area contributed by atoms with Gasteiger partial charge >= 0.3 is 18.0 Å². The molecule has 8 heteroatoms. The van der Waals surface area contributed by atoms with Crippen LogP contribution in [0.25, 0.3) is 0 Å². The minimum Gasteiger partial charge on any atom is -0.463 e. The van der Waals surface area contributed by atoms with Crippen molar-refractivity contribution in [2.24, 2.45) is 0 Å². The molecule has 0 saturated heterocycles. The Hall–Kier alpha value is -2.87. The lowest BCUT2D eigenvalue weighted by Gasteiger charge is -2.21. The van der Waals surface area contributed by atoms with E-state index in [2.05, 4.69) is 10.6 Å². The van der Waals surface area contributed by atoms with E-state index in [1.165, 1.54) is 0 Å². The van der Waals surface area contributed by atoms with E-state index >= 15 is 0 Å². The number of hydrogen-bond acceptors (Lipinski definition) is 6. The summed E-state index contributed by atoms with van der Waals surface area (Å²) in [7, 11) is 1.56. The van der Waals surface area contributed by atoms with Crippen molar-refractivity contribution < 1.29 is 28.6 Å². The van der Waals surface area contributed by atoms with Crippen LogP contribution in [0.3, 0.4) is 0 Å². The van der Waals surface area contributed by atoms with Crippen LogP contribution in [-0.4, -0.2) is 44.8 Å². The molecule has 1 heterocycles. The molecule has 0 atom stereocenters. The maximum Gasteiger partial charge on any atom is 0.338 e. The van der Waals surface area contributed by atoms with Crippen molar-refractivity contribution in [3.05, 3.63) is 46.7 Å². The van der Waals surface area contributed by atoms with Gasteiger partial charge in [0.25, 0.3) is 0 Å². The van der Waals surface area contributed by atoms with Crippen LogP contribution in [0.4, 0.5) is 4.79 Å². The Morgan fingerprint density at radius 2 is 1.96 bits per heavy atom. The first-order chi connectivity index (χ1) is 12.0. The van der Waals surface area contributed by atoms with Gasteiger partial charge in [0.2, 0.25) is 0 Å². The zero-order valence-corrected chi connectivity index (χ0v) is 14.1. The molecule has 1 aliphatic heterocycles. The number of esters is 2. The van der Waals surface area contributed by atoms with E-state index < -0.39 is 18.0 Å². The molecule has 1 aromatic carbocycles. The molecule has 25 heavy (non-hydrogen) atoms. The molecule has 0 aliphatic carbocycles. The lowest BCUT2D eigenvalue weighted by Crippen LogP contribution is -2.45. The maximum atomic E-state index is 12.2. The van der Waals surface area contributed by atoms with Crippen molar-refractivity contribution in [1.82, 2.24) is 10.6 Å². The SMILES string of the molecule is CCOC(=O)C1=C(COC(=O)c2cccc(COC)c2)NC(=O)NC1. The summed E-state index contributed by atoms with van der Waals surface area (Å²) in [4.78, 5) is 35.6. The van der Waals surface area contributed by atoms with E-state index in [0.717, 1.165) is 5.56 Å². The highest BCUT2D eigenvalue weighted by molar-refractivity contribution is 5.94. The molecule has 2 N–H and O–H groups in total. The largest absolute Gasteiger partial charge is 0.463 e. The Morgan fingerprint density at radius 3 is 2.68 bits per heavy atom. The second-order valence-corrected chi connectivity index (χ2v) is 5.19. The molecular formula is C17H20N2O6. The number of carbonyl (C=O) groups excluding carboxylic acids is 3. The molecule has 134 valence electrons. The van der Waals surface area contributed by atoms with Crippen molar-refractivity contribution in [2.75, 3.05) is 26.9 Å². The smallest absolute Gasteiger partial charge is 0.338 e. The van der Waals surface area contributed by atoms with Crippen LogP contribution in [0.2, 0.25) is 0 Å². The van der Waals surface area contributed by atoms with Crippen LogP contribution in [0.5, 0.6) is 0 Å². The van der Waals surface area contributed by atoms with E-state index in [1.54, 1.807) is 32.2 Å². The first-order valence-corrected chi connectivity index (χ1v) is 7.74. The van der Waals surface area contributed by atoms with E-state index in [1.807, 2.05) is 6.07 Å². The predicted octanol–water partition coefficient (Wildman–Crippen LogP) is 1.12. The third kappa shape index (κ3) is 5.05. The standard InChI is InChI=1S/C17H20N2O6/c1-3-24-16(21)13-8-18-17(22)19-14(13)10-25-15(20)12-6-4-5-11(7-12)9-23-2/h4-7H,3,8-10H2,1-2H3,(H2,18,19,22). The normalized spacial score (nSPS) is 13.8. The average Bonchev–Trinajstić information content (AvgIpc) is 2.60. The number of nitrogens with one attached hydrogen (secondary N) is 2. The van der Waals surface area contributed by atoms with Crippen molar-refractivity contribution in [2.45, 2.75) is 13.5 Å². The summed E-state index contributed by atoms with van der Waals surface area (Å²) >= 11 is 0. The molecule has 8 nitrogen and oxygen atoms in total. The predicted molar refractivity (Wildman–Crippen MR) is 87.6 cm³/mol. The van der Waals surface area contributed by atoms with Gasteiger partial charge in [0.1, 0.15) is 6.61 Å². The van der Waals surface area contributed by atoms with Gasteiger partial charge in [-0.15, -0.1) is 0 Å². The molecule has 1 aromatic rings. The van der Waals surface area contributed by atoms with Gasteiger partial charge in [-0.05, 0) is 24.6 Å². The van der Waals surface area contributed by atoms with Crippen LogP contribution in [0, 0.1) is 0 Å². The molecular weight excluding hydrogens is 328 g/mol. The second kappa shape index (κ2) is 8.84. The first-order valence-electron chi connectivity index (χ1n) is 7.74. The number of carbonyl (C=O) groups is 3. The molecule has 1 aliphatic rings. The maximum absolute atomic E-state index is 12.2. The Labute approximate surface area is 145 Å². The second-order valence-electron chi connectivity index (χ2n) is 5.19. The number of hydrogen-bond donors (Lipinski definition) is 2. The molecule has 2 amide bonds. The van der Waals surface area contributed by atoms with Gasteiger partial charge in [-0.3, -0.25) is 0 Å². The minimum atomic E-state index is -0.568. The number of benzene rings is 1. The van der Waals surface area contributed by atoms with E-state index in [9.17, 15) is 14.4 Å². The molecule has 0 aromatic heterocycles. The Balaban J connectivity index is 2.08. The number of methoxy groups -OCH3 is 1. The molecule has 0 saturated carbocycles. The third-order valence-electron chi connectivity index (χ3n) is 3.40. The van der Waals surface area contributed by atoms with Crippen molar-refractivity contribution in [3.8, 4) is 0 Å². The van der Waals surface area contributed by atoms with Crippen molar-refractivity contribution in [3.63, 3.8) is 0 Å². The topological polar surface area (TPSA) is 103 Å². The monoisotopic (exact) mass is 348 g/mol. The van der Waals surface area contributed by atoms with Crippen LogP contribution in [0.15, 0.2) is 35.5 Å². The Kier molecular flexibility index (Phi) is 6.53. The summed E-state index contributed by atoms with van der Waals surface area (Å²) < 4.78 is 15.2. The van der Waals surface area contributed by atoms with Gasteiger partial charge in [0.15, 0.2) is 0 Å². The molecule has 0 bridgehead atoms. The summed E-state index contributed by atoms with van der Waals surface area (Å²) in [5, 5.41) is 4.95. The van der Waals surface area contributed by atoms with E-state index in [0.29, 0.717) is 12.2 Å². The lowest BCUT2D eigenvalue weighted by atomic mass is 10.1. The van der Waals surface area contributed by atoms with Gasteiger partial charge in [0.05, 0.1) is 36.6 Å². The summed E-state index contributed by atoms with van der Waals surface area (Å²) in [5.74, 6) is -1.13. The van der Waals surface area contributed by atoms with Crippen LogP contribution < -0.4 is 10.6 Å². The summed E-state index contributed by atoms with van der Waals surface area (Å²) in [6.45, 7) is 2.03. The number of ether oxygens (including phenoxy) is 3. The zero-order chi connectivity index (χ0) is 18.2. The minimum absolute atomic E-state index is 0.0148. The summed E-state index contributed by atoms with van der Waals surface area (Å²) in [6.07, 6.45) is 0. The van der Waals surface area contributed by atoms with Gasteiger partial charge in [0, 0.05) is 7.11 Å². The van der Waals surface area contributed by atoms with Gasteiger partial charge in [-0.25, -0.2) is 14.4 Å².